The molecule has 1 aromatic rings. The maximum atomic E-state index is 10.3. The van der Waals surface area contributed by atoms with E-state index in [1.54, 1.807) is 0 Å². The van der Waals surface area contributed by atoms with E-state index in [1.807, 2.05) is 6.92 Å². The van der Waals surface area contributed by atoms with Crippen LogP contribution in [0.25, 0.3) is 0 Å². The third-order valence-electron chi connectivity index (χ3n) is 1.71. The molecule has 0 amide bonds. The Kier molecular flexibility index (Phi) is 4.49. The van der Waals surface area contributed by atoms with Gasteiger partial charge in [0.15, 0.2) is 0 Å². The summed E-state index contributed by atoms with van der Waals surface area (Å²) in [5, 5.41) is 13.4. The minimum atomic E-state index is -0.491. The molecule has 82 valence electrons. The average Bonchev–Trinajstić information content (AvgIpc) is 2.25. The predicted molar refractivity (Wildman–Crippen MR) is 54.9 cm³/mol. The van der Waals surface area contributed by atoms with Crippen LogP contribution in [0.4, 0.5) is 5.69 Å². The third-order valence-corrected chi connectivity index (χ3v) is 1.71. The summed E-state index contributed by atoms with van der Waals surface area (Å²) >= 11 is 0. The summed E-state index contributed by atoms with van der Waals surface area (Å²) in [5.41, 5.74) is -0.0333. The van der Waals surface area contributed by atoms with Crippen molar-refractivity contribution < 1.29 is 9.66 Å². The van der Waals surface area contributed by atoms with Crippen LogP contribution in [-0.4, -0.2) is 29.6 Å². The van der Waals surface area contributed by atoms with E-state index in [0.717, 1.165) is 13.1 Å². The molecule has 0 aliphatic heterocycles. The van der Waals surface area contributed by atoms with E-state index in [-0.39, 0.29) is 5.69 Å². The molecule has 1 aromatic heterocycles. The van der Waals surface area contributed by atoms with Crippen molar-refractivity contribution in [1.82, 2.24) is 10.3 Å². The standard InChI is InChI=1S/C9H13N3O3/c1-2-10-5-6-15-9-4-3-8(7-11-9)12(13)14/h3-4,7,10H,2,5-6H2,1H3. The number of likely N-dealkylation sites (N-methyl/N-ethyl adjacent to an activating group) is 1. The van der Waals surface area contributed by atoms with Crippen LogP contribution in [0.2, 0.25) is 0 Å². The Morgan fingerprint density at radius 2 is 2.40 bits per heavy atom. The Hall–Kier alpha value is -1.69. The number of rotatable bonds is 6. The van der Waals surface area contributed by atoms with E-state index in [0.29, 0.717) is 12.5 Å². The Morgan fingerprint density at radius 1 is 1.60 bits per heavy atom. The Bertz CT molecular complexity index is 313. The molecular formula is C9H13N3O3. The first-order chi connectivity index (χ1) is 7.24. The van der Waals surface area contributed by atoms with E-state index in [9.17, 15) is 10.1 Å². The average molecular weight is 211 g/mol. The van der Waals surface area contributed by atoms with Crippen molar-refractivity contribution >= 4 is 5.69 Å². The van der Waals surface area contributed by atoms with Gasteiger partial charge in [0.2, 0.25) is 5.88 Å². The van der Waals surface area contributed by atoms with Gasteiger partial charge in [-0.1, -0.05) is 6.92 Å². The van der Waals surface area contributed by atoms with Crippen molar-refractivity contribution in [3.05, 3.63) is 28.4 Å². The van der Waals surface area contributed by atoms with Crippen molar-refractivity contribution in [2.45, 2.75) is 6.92 Å². The minimum absolute atomic E-state index is 0.0333. The summed E-state index contributed by atoms with van der Waals surface area (Å²) in [6, 6.07) is 2.86. The van der Waals surface area contributed by atoms with E-state index >= 15 is 0 Å². The molecule has 0 radical (unpaired) electrons. The van der Waals surface area contributed by atoms with E-state index in [2.05, 4.69) is 10.3 Å². The van der Waals surface area contributed by atoms with Crippen LogP contribution in [0.1, 0.15) is 6.92 Å². The van der Waals surface area contributed by atoms with Crippen LogP contribution in [-0.2, 0) is 0 Å². The second kappa shape index (κ2) is 5.92. The van der Waals surface area contributed by atoms with Gasteiger partial charge < -0.3 is 10.1 Å². The fraction of sp³-hybridized carbons (Fsp3) is 0.444. The summed E-state index contributed by atoms with van der Waals surface area (Å²) in [4.78, 5) is 13.6. The number of pyridine rings is 1. The molecule has 0 saturated heterocycles. The maximum absolute atomic E-state index is 10.3. The second-order valence-electron chi connectivity index (χ2n) is 2.81. The molecule has 1 rings (SSSR count). The van der Waals surface area contributed by atoms with Gasteiger partial charge in [0, 0.05) is 18.7 Å². The molecular weight excluding hydrogens is 198 g/mol. The highest BCUT2D eigenvalue weighted by Crippen LogP contribution is 2.12. The normalized spacial score (nSPS) is 9.93. The molecule has 0 bridgehead atoms. The van der Waals surface area contributed by atoms with Gasteiger partial charge in [0.1, 0.15) is 12.8 Å². The lowest BCUT2D eigenvalue weighted by molar-refractivity contribution is -0.385. The predicted octanol–water partition coefficient (Wildman–Crippen LogP) is 0.978. The number of ether oxygens (including phenoxy) is 1. The van der Waals surface area contributed by atoms with Crippen LogP contribution in [0.15, 0.2) is 18.3 Å². The molecule has 0 spiro atoms. The van der Waals surface area contributed by atoms with Gasteiger partial charge in [0.25, 0.3) is 5.69 Å². The molecule has 1 N–H and O–H groups in total. The smallest absolute Gasteiger partial charge is 0.287 e. The van der Waals surface area contributed by atoms with Crippen molar-refractivity contribution in [2.75, 3.05) is 19.7 Å². The van der Waals surface area contributed by atoms with Gasteiger partial charge in [-0.2, -0.15) is 0 Å². The van der Waals surface area contributed by atoms with Gasteiger partial charge in [-0.3, -0.25) is 10.1 Å². The molecule has 0 saturated carbocycles. The quantitative estimate of drug-likeness (QED) is 0.431. The van der Waals surface area contributed by atoms with Crippen LogP contribution in [0, 0.1) is 10.1 Å². The first-order valence-electron chi connectivity index (χ1n) is 4.68. The zero-order chi connectivity index (χ0) is 11.1. The lowest BCUT2D eigenvalue weighted by Crippen LogP contribution is -2.20. The molecule has 0 aromatic carbocycles. The van der Waals surface area contributed by atoms with Gasteiger partial charge in [-0.05, 0) is 6.54 Å². The molecule has 0 aliphatic rings. The Labute approximate surface area is 87.4 Å². The van der Waals surface area contributed by atoms with Crippen LogP contribution in [0.3, 0.4) is 0 Å². The molecule has 6 heteroatoms. The molecule has 0 unspecified atom stereocenters. The van der Waals surface area contributed by atoms with Crippen molar-refractivity contribution in [3.63, 3.8) is 0 Å². The molecule has 6 nitrogen and oxygen atoms in total. The van der Waals surface area contributed by atoms with E-state index < -0.39 is 4.92 Å². The van der Waals surface area contributed by atoms with Crippen LogP contribution in [0.5, 0.6) is 5.88 Å². The minimum Gasteiger partial charge on any atom is -0.476 e. The summed E-state index contributed by atoms with van der Waals surface area (Å²) in [5.74, 6) is 0.401. The van der Waals surface area contributed by atoms with E-state index in [1.165, 1.54) is 18.3 Å². The zero-order valence-electron chi connectivity index (χ0n) is 8.47. The van der Waals surface area contributed by atoms with Gasteiger partial charge >= 0.3 is 0 Å². The van der Waals surface area contributed by atoms with Gasteiger partial charge in [-0.15, -0.1) is 0 Å². The SMILES string of the molecule is CCNCCOc1ccc([N+](=O)[O-])cn1. The Morgan fingerprint density at radius 3 is 2.93 bits per heavy atom. The summed E-state index contributed by atoms with van der Waals surface area (Å²) in [7, 11) is 0. The number of nitro groups is 1. The third kappa shape index (κ3) is 3.90. The first kappa shape index (κ1) is 11.4. The molecule has 0 fully saturated rings. The summed E-state index contributed by atoms with van der Waals surface area (Å²) in [6.45, 7) is 4.12. The Balaban J connectivity index is 2.39. The number of nitrogens with zero attached hydrogens (tertiary/aromatic N) is 2. The van der Waals surface area contributed by atoms with Gasteiger partial charge in [-0.25, -0.2) is 4.98 Å². The van der Waals surface area contributed by atoms with Crippen molar-refractivity contribution in [1.29, 1.82) is 0 Å². The second-order valence-corrected chi connectivity index (χ2v) is 2.81. The topological polar surface area (TPSA) is 77.3 Å². The highest BCUT2D eigenvalue weighted by Gasteiger charge is 2.05. The zero-order valence-corrected chi connectivity index (χ0v) is 8.47. The van der Waals surface area contributed by atoms with Gasteiger partial charge in [0.05, 0.1) is 4.92 Å². The largest absolute Gasteiger partial charge is 0.476 e. The molecule has 1 heterocycles. The summed E-state index contributed by atoms with van der Waals surface area (Å²) < 4.78 is 5.25. The number of nitrogens with one attached hydrogen (secondary N) is 1. The number of aromatic nitrogens is 1. The monoisotopic (exact) mass is 211 g/mol. The first-order valence-corrected chi connectivity index (χ1v) is 4.68. The lowest BCUT2D eigenvalue weighted by Gasteiger charge is -2.04. The fourth-order valence-corrected chi connectivity index (χ4v) is 0.970. The van der Waals surface area contributed by atoms with Crippen molar-refractivity contribution in [2.24, 2.45) is 0 Å². The van der Waals surface area contributed by atoms with Crippen LogP contribution < -0.4 is 10.1 Å². The number of hydrogen-bond donors (Lipinski definition) is 1. The van der Waals surface area contributed by atoms with Crippen LogP contribution >= 0.6 is 0 Å². The highest BCUT2D eigenvalue weighted by atomic mass is 16.6. The lowest BCUT2D eigenvalue weighted by atomic mass is 10.4. The summed E-state index contributed by atoms with van der Waals surface area (Å²) in [6.07, 6.45) is 1.18. The highest BCUT2D eigenvalue weighted by molar-refractivity contribution is 5.28. The maximum Gasteiger partial charge on any atom is 0.287 e. The molecule has 15 heavy (non-hydrogen) atoms. The van der Waals surface area contributed by atoms with Crippen molar-refractivity contribution in [3.8, 4) is 5.88 Å². The molecule has 0 aliphatic carbocycles. The number of hydrogen-bond acceptors (Lipinski definition) is 5. The molecule has 0 atom stereocenters. The van der Waals surface area contributed by atoms with E-state index in [4.69, 9.17) is 4.74 Å². The fourth-order valence-electron chi connectivity index (χ4n) is 0.970.